The van der Waals surface area contributed by atoms with Gasteiger partial charge in [0.1, 0.15) is 11.6 Å². The zero-order valence-electron chi connectivity index (χ0n) is 14.4. The van der Waals surface area contributed by atoms with Gasteiger partial charge in [0, 0.05) is 17.8 Å². The molecule has 1 aromatic carbocycles. The molecule has 1 fully saturated rings. The number of carbonyl (C=O) groups is 1. The Morgan fingerprint density at radius 2 is 2.15 bits per heavy atom. The summed E-state index contributed by atoms with van der Waals surface area (Å²) in [7, 11) is 0. The number of hydrogen-bond donors (Lipinski definition) is 2. The summed E-state index contributed by atoms with van der Waals surface area (Å²) >= 11 is 0. The minimum atomic E-state index is -0.295. The average Bonchev–Trinajstić information content (AvgIpc) is 3.35. The SMILES string of the molecule is O=C(c1n[nH]c2c1CCC2)N1CCCCC1c1nc2ccc(F)cc2[nH]1. The number of nitrogens with one attached hydrogen (secondary N) is 2. The molecule has 7 heteroatoms. The summed E-state index contributed by atoms with van der Waals surface area (Å²) in [4.78, 5) is 22.9. The molecule has 134 valence electrons. The van der Waals surface area contributed by atoms with Gasteiger partial charge in [-0.15, -0.1) is 0 Å². The fourth-order valence-corrected chi connectivity index (χ4v) is 4.25. The van der Waals surface area contributed by atoms with Crippen LogP contribution < -0.4 is 0 Å². The molecule has 2 aliphatic rings. The number of rotatable bonds is 2. The Morgan fingerprint density at radius 1 is 1.23 bits per heavy atom. The molecule has 0 radical (unpaired) electrons. The Labute approximate surface area is 149 Å². The second-order valence-corrected chi connectivity index (χ2v) is 7.18. The van der Waals surface area contributed by atoms with E-state index in [4.69, 9.17) is 0 Å². The quantitative estimate of drug-likeness (QED) is 0.742. The highest BCUT2D eigenvalue weighted by atomic mass is 19.1. The fourth-order valence-electron chi connectivity index (χ4n) is 4.25. The van der Waals surface area contributed by atoms with Crippen LogP contribution in [0.15, 0.2) is 18.2 Å². The minimum Gasteiger partial charge on any atom is -0.340 e. The number of aryl methyl sites for hydroxylation is 1. The van der Waals surface area contributed by atoms with E-state index >= 15 is 0 Å². The topological polar surface area (TPSA) is 77.7 Å². The van der Waals surface area contributed by atoms with Crippen LogP contribution in [-0.2, 0) is 12.8 Å². The van der Waals surface area contributed by atoms with E-state index in [1.54, 1.807) is 6.07 Å². The first-order valence-electron chi connectivity index (χ1n) is 9.23. The first kappa shape index (κ1) is 15.5. The molecule has 1 atom stereocenters. The maximum Gasteiger partial charge on any atom is 0.275 e. The number of aromatic nitrogens is 4. The largest absolute Gasteiger partial charge is 0.340 e. The third-order valence-electron chi connectivity index (χ3n) is 5.55. The van der Waals surface area contributed by atoms with E-state index < -0.39 is 0 Å². The molecule has 3 aromatic rings. The number of nitrogens with zero attached hydrogens (tertiary/aromatic N) is 3. The Kier molecular flexibility index (Phi) is 3.55. The zero-order valence-corrected chi connectivity index (χ0v) is 14.4. The number of H-pyrrole nitrogens is 2. The minimum absolute atomic E-state index is 0.0271. The smallest absolute Gasteiger partial charge is 0.275 e. The average molecular weight is 353 g/mol. The van der Waals surface area contributed by atoms with Crippen molar-refractivity contribution >= 4 is 16.9 Å². The summed E-state index contributed by atoms with van der Waals surface area (Å²) in [6, 6.07) is 4.39. The van der Waals surface area contributed by atoms with Gasteiger partial charge < -0.3 is 9.88 Å². The van der Waals surface area contributed by atoms with Crippen molar-refractivity contribution in [1.29, 1.82) is 0 Å². The number of halogens is 1. The van der Waals surface area contributed by atoms with Crippen LogP contribution in [0.1, 0.15) is 59.3 Å². The maximum atomic E-state index is 13.5. The van der Waals surface area contributed by atoms with Crippen molar-refractivity contribution in [2.24, 2.45) is 0 Å². The molecule has 6 nitrogen and oxygen atoms in total. The van der Waals surface area contributed by atoms with Crippen LogP contribution in [0, 0.1) is 5.82 Å². The molecule has 1 amide bonds. The van der Waals surface area contributed by atoms with E-state index in [2.05, 4.69) is 20.2 Å². The van der Waals surface area contributed by atoms with Crippen LogP contribution >= 0.6 is 0 Å². The van der Waals surface area contributed by atoms with Gasteiger partial charge in [-0.1, -0.05) is 0 Å². The standard InChI is InChI=1S/C19H20FN5O/c20-11-7-8-14-15(10-11)22-18(21-14)16-6-1-2-9-25(16)19(26)17-12-4-3-5-13(12)23-24-17/h7-8,10,16H,1-6,9H2,(H,21,22)(H,23,24). The summed E-state index contributed by atoms with van der Waals surface area (Å²) in [6.45, 7) is 0.691. The lowest BCUT2D eigenvalue weighted by molar-refractivity contribution is 0.0594. The first-order valence-corrected chi connectivity index (χ1v) is 9.23. The third-order valence-corrected chi connectivity index (χ3v) is 5.55. The number of carbonyl (C=O) groups excluding carboxylic acids is 1. The second kappa shape index (κ2) is 5.93. The van der Waals surface area contributed by atoms with Gasteiger partial charge in [0.15, 0.2) is 5.69 Å². The van der Waals surface area contributed by atoms with E-state index in [9.17, 15) is 9.18 Å². The molecule has 1 aliphatic carbocycles. The van der Waals surface area contributed by atoms with Gasteiger partial charge in [-0.2, -0.15) is 5.10 Å². The highest BCUT2D eigenvalue weighted by Gasteiger charge is 2.34. The summed E-state index contributed by atoms with van der Waals surface area (Å²) in [6.07, 6.45) is 5.81. The number of likely N-dealkylation sites (tertiary alicyclic amines) is 1. The summed E-state index contributed by atoms with van der Waals surface area (Å²) < 4.78 is 13.5. The number of fused-ring (bicyclic) bond motifs is 2. The molecule has 1 saturated heterocycles. The van der Waals surface area contributed by atoms with Crippen molar-refractivity contribution in [3.63, 3.8) is 0 Å². The zero-order chi connectivity index (χ0) is 17.7. The van der Waals surface area contributed by atoms with Crippen molar-refractivity contribution in [2.75, 3.05) is 6.54 Å². The maximum absolute atomic E-state index is 13.5. The number of imidazole rings is 1. The third kappa shape index (κ3) is 2.41. The van der Waals surface area contributed by atoms with Crippen LogP contribution in [0.4, 0.5) is 4.39 Å². The van der Waals surface area contributed by atoms with E-state index in [0.717, 1.165) is 61.1 Å². The Bertz CT molecular complexity index is 991. The number of amides is 1. The van der Waals surface area contributed by atoms with Crippen LogP contribution in [0.5, 0.6) is 0 Å². The fraction of sp³-hybridized carbons (Fsp3) is 0.421. The second-order valence-electron chi connectivity index (χ2n) is 7.18. The summed E-state index contributed by atoms with van der Waals surface area (Å²) in [5, 5.41) is 7.32. The van der Waals surface area contributed by atoms with Crippen molar-refractivity contribution < 1.29 is 9.18 Å². The number of benzene rings is 1. The molecule has 0 spiro atoms. The molecule has 1 unspecified atom stereocenters. The molecule has 2 aromatic heterocycles. The van der Waals surface area contributed by atoms with Crippen LogP contribution in [0.2, 0.25) is 0 Å². The number of piperidine rings is 1. The molecule has 0 bridgehead atoms. The molecule has 26 heavy (non-hydrogen) atoms. The Hall–Kier alpha value is -2.70. The summed E-state index contributed by atoms with van der Waals surface area (Å²) in [5.74, 6) is 0.405. The molecular weight excluding hydrogens is 333 g/mol. The monoisotopic (exact) mass is 353 g/mol. The molecular formula is C19H20FN5O. The Morgan fingerprint density at radius 3 is 3.08 bits per heavy atom. The van der Waals surface area contributed by atoms with Gasteiger partial charge in [-0.05, 0) is 56.7 Å². The van der Waals surface area contributed by atoms with E-state index in [0.29, 0.717) is 17.8 Å². The molecule has 2 N–H and O–H groups in total. The predicted octanol–water partition coefficient (Wildman–Crippen LogP) is 3.28. The first-order chi connectivity index (χ1) is 12.7. The highest BCUT2D eigenvalue weighted by molar-refractivity contribution is 5.94. The van der Waals surface area contributed by atoms with Crippen molar-refractivity contribution in [3.05, 3.63) is 46.8 Å². The predicted molar refractivity (Wildman–Crippen MR) is 94.3 cm³/mol. The van der Waals surface area contributed by atoms with Crippen LogP contribution in [0.3, 0.4) is 0 Å². The van der Waals surface area contributed by atoms with Gasteiger partial charge in [-0.3, -0.25) is 9.89 Å². The van der Waals surface area contributed by atoms with Gasteiger partial charge >= 0.3 is 0 Å². The normalized spacial score (nSPS) is 19.9. The van der Waals surface area contributed by atoms with Gasteiger partial charge in [0.05, 0.1) is 17.1 Å². The van der Waals surface area contributed by atoms with Crippen LogP contribution in [0.25, 0.3) is 11.0 Å². The summed E-state index contributed by atoms with van der Waals surface area (Å²) in [5.41, 5.74) is 4.12. The van der Waals surface area contributed by atoms with Crippen molar-refractivity contribution in [3.8, 4) is 0 Å². The van der Waals surface area contributed by atoms with E-state index in [1.807, 2.05) is 4.90 Å². The van der Waals surface area contributed by atoms with Gasteiger partial charge in [0.2, 0.25) is 0 Å². The van der Waals surface area contributed by atoms with E-state index in [1.165, 1.54) is 12.1 Å². The molecule has 1 aliphatic heterocycles. The number of aromatic amines is 2. The highest BCUT2D eigenvalue weighted by Crippen LogP contribution is 2.33. The van der Waals surface area contributed by atoms with Crippen molar-refractivity contribution in [1.82, 2.24) is 25.1 Å². The Balaban J connectivity index is 1.50. The molecule has 3 heterocycles. The molecule has 5 rings (SSSR count). The lowest BCUT2D eigenvalue weighted by Crippen LogP contribution is -2.39. The van der Waals surface area contributed by atoms with Gasteiger partial charge in [0.25, 0.3) is 5.91 Å². The van der Waals surface area contributed by atoms with Crippen molar-refractivity contribution in [2.45, 2.75) is 44.6 Å². The van der Waals surface area contributed by atoms with Crippen LogP contribution in [-0.4, -0.2) is 37.5 Å². The van der Waals surface area contributed by atoms with Gasteiger partial charge in [-0.25, -0.2) is 9.37 Å². The molecule has 0 saturated carbocycles. The number of hydrogen-bond acceptors (Lipinski definition) is 3. The lowest BCUT2D eigenvalue weighted by atomic mass is 10.0. The lowest BCUT2D eigenvalue weighted by Gasteiger charge is -2.34. The van der Waals surface area contributed by atoms with E-state index in [-0.39, 0.29) is 17.8 Å².